The predicted molar refractivity (Wildman–Crippen MR) is 169 cm³/mol. The second-order valence-corrected chi connectivity index (χ2v) is 12.7. The maximum Gasteiger partial charge on any atom is 0.418 e. The number of rotatable bonds is 10. The number of nitrogens with two attached hydrogens (primary N) is 1. The number of methoxy groups -OCH3 is 1. The molecule has 3 aromatic carbocycles. The molecule has 1 aromatic heterocycles. The Kier molecular flexibility index (Phi) is 8.97. The zero-order chi connectivity index (χ0) is 34.3. The van der Waals surface area contributed by atoms with Gasteiger partial charge in [0.1, 0.15) is 17.6 Å². The van der Waals surface area contributed by atoms with Crippen molar-refractivity contribution in [2.24, 2.45) is 5.73 Å². The summed E-state index contributed by atoms with van der Waals surface area (Å²) in [6.45, 7) is 4.27. The summed E-state index contributed by atoms with van der Waals surface area (Å²) in [5, 5.41) is 18.9. The molecule has 2 heterocycles. The van der Waals surface area contributed by atoms with Crippen LogP contribution in [0.3, 0.4) is 0 Å². The van der Waals surface area contributed by atoms with Crippen LogP contribution >= 0.6 is 0 Å². The number of aryl methyl sites for hydroxylation is 1. The Hall–Kier alpha value is -4.65. The van der Waals surface area contributed by atoms with Gasteiger partial charge >= 0.3 is 6.18 Å². The molecule has 1 saturated heterocycles. The van der Waals surface area contributed by atoms with Crippen molar-refractivity contribution in [1.29, 1.82) is 0 Å². The molecule has 0 aliphatic carbocycles. The van der Waals surface area contributed by atoms with Gasteiger partial charge in [-0.15, -0.1) is 0 Å². The molecule has 0 radical (unpaired) electrons. The Balaban J connectivity index is 1.45. The number of hydrogen-bond donors (Lipinski definition) is 3. The maximum absolute atomic E-state index is 14.5. The molecule has 1 aliphatic rings. The molecule has 2 unspecified atom stereocenters. The van der Waals surface area contributed by atoms with Crippen LogP contribution in [0.2, 0.25) is 0 Å². The van der Waals surface area contributed by atoms with Crippen LogP contribution in [0.1, 0.15) is 54.6 Å². The molecule has 47 heavy (non-hydrogen) atoms. The van der Waals surface area contributed by atoms with E-state index in [9.17, 15) is 32.3 Å². The summed E-state index contributed by atoms with van der Waals surface area (Å²) < 4.78 is 64.6. The lowest BCUT2D eigenvalue weighted by Gasteiger charge is -2.38. The first-order valence-electron chi connectivity index (χ1n) is 15.1. The summed E-state index contributed by atoms with van der Waals surface area (Å²) in [5.41, 5.74) is 3.55. The third-order valence-electron chi connectivity index (χ3n) is 8.74. The number of fused-ring (bicyclic) bond motifs is 1. The first-order chi connectivity index (χ1) is 22.0. The number of amides is 2. The van der Waals surface area contributed by atoms with Crippen molar-refractivity contribution in [3.8, 4) is 11.4 Å². The van der Waals surface area contributed by atoms with Crippen LogP contribution in [0.25, 0.3) is 16.6 Å². The largest absolute Gasteiger partial charge is 0.496 e. The fourth-order valence-electron chi connectivity index (χ4n) is 6.40. The van der Waals surface area contributed by atoms with Crippen LogP contribution < -0.4 is 15.8 Å². The average Bonchev–Trinajstić information content (AvgIpc) is 3.67. The van der Waals surface area contributed by atoms with Gasteiger partial charge < -0.3 is 25.8 Å². The number of aliphatic hydroxyl groups is 1. The summed E-state index contributed by atoms with van der Waals surface area (Å²) in [7, 11) is 1.34. The zero-order valence-corrected chi connectivity index (χ0v) is 26.5. The third-order valence-corrected chi connectivity index (χ3v) is 8.74. The van der Waals surface area contributed by atoms with Crippen LogP contribution in [0.15, 0.2) is 60.8 Å². The molecule has 0 spiro atoms. The van der Waals surface area contributed by atoms with E-state index in [4.69, 9.17) is 10.5 Å². The van der Waals surface area contributed by atoms with Crippen molar-refractivity contribution in [3.05, 3.63) is 83.3 Å². The van der Waals surface area contributed by atoms with Gasteiger partial charge in [-0.2, -0.15) is 18.3 Å². The van der Waals surface area contributed by atoms with Gasteiger partial charge in [-0.1, -0.05) is 19.9 Å². The Morgan fingerprint density at radius 2 is 1.87 bits per heavy atom. The number of halogens is 4. The van der Waals surface area contributed by atoms with Crippen molar-refractivity contribution in [2.45, 2.75) is 63.3 Å². The number of ether oxygens (including phenoxy) is 1. The van der Waals surface area contributed by atoms with E-state index in [0.717, 1.165) is 12.1 Å². The Bertz CT molecular complexity index is 1820. The minimum Gasteiger partial charge on any atom is -0.496 e. The standard InChI is InChI=1S/C34H37F4N5O4/c1-20-13-26(40-19-33(46,34(36,37)38)18-32(2,3)25-16-22(35)10-11-29(25)47-4)24-17-41-43(28(24)14-20)23-8-5-7-21(15-23)31(45)42-12-6-9-27(42)30(39)44/h5,7-8,10-11,13-17,27,40,46H,6,9,12,18-19H2,1-4H3,(H2,39,44). The van der Waals surface area contributed by atoms with Gasteiger partial charge in [0.15, 0.2) is 5.60 Å². The topological polar surface area (TPSA) is 123 Å². The predicted octanol–water partition coefficient (Wildman–Crippen LogP) is 5.64. The summed E-state index contributed by atoms with van der Waals surface area (Å²) in [6.07, 6.45) is -3.18. The minimum absolute atomic E-state index is 0.192. The van der Waals surface area contributed by atoms with Gasteiger partial charge in [0, 0.05) is 28.7 Å². The summed E-state index contributed by atoms with van der Waals surface area (Å²) in [4.78, 5) is 26.6. The molecule has 0 bridgehead atoms. The number of hydrogen-bond acceptors (Lipinski definition) is 6. The number of nitrogens with zero attached hydrogens (tertiary/aromatic N) is 3. The van der Waals surface area contributed by atoms with E-state index in [1.165, 1.54) is 38.1 Å². The van der Waals surface area contributed by atoms with Crippen molar-refractivity contribution in [1.82, 2.24) is 14.7 Å². The van der Waals surface area contributed by atoms with Crippen molar-refractivity contribution >= 4 is 28.4 Å². The smallest absolute Gasteiger partial charge is 0.418 e. The summed E-state index contributed by atoms with van der Waals surface area (Å²) in [5.74, 6) is -1.33. The lowest BCUT2D eigenvalue weighted by molar-refractivity contribution is -0.260. The van der Waals surface area contributed by atoms with E-state index < -0.39 is 47.9 Å². The van der Waals surface area contributed by atoms with Crippen molar-refractivity contribution in [3.63, 3.8) is 0 Å². The van der Waals surface area contributed by atoms with Crippen LogP contribution in [0, 0.1) is 12.7 Å². The van der Waals surface area contributed by atoms with Gasteiger partial charge in [-0.25, -0.2) is 9.07 Å². The fraction of sp³-hybridized carbons (Fsp3) is 0.382. The molecule has 1 fully saturated rings. The molecular weight excluding hydrogens is 618 g/mol. The van der Waals surface area contributed by atoms with Gasteiger partial charge in [0.25, 0.3) is 5.91 Å². The highest BCUT2D eigenvalue weighted by molar-refractivity contribution is 5.98. The molecule has 4 N–H and O–H groups in total. The molecule has 2 amide bonds. The Morgan fingerprint density at radius 1 is 1.13 bits per heavy atom. The third kappa shape index (κ3) is 6.62. The van der Waals surface area contributed by atoms with E-state index in [-0.39, 0.29) is 17.2 Å². The fourth-order valence-corrected chi connectivity index (χ4v) is 6.40. The van der Waals surface area contributed by atoms with E-state index in [0.29, 0.717) is 52.8 Å². The highest BCUT2D eigenvalue weighted by atomic mass is 19.4. The normalized spacial score (nSPS) is 16.7. The highest BCUT2D eigenvalue weighted by Crippen LogP contribution is 2.44. The monoisotopic (exact) mass is 655 g/mol. The lowest BCUT2D eigenvalue weighted by Crippen LogP contribution is -2.53. The number of likely N-dealkylation sites (tertiary alicyclic amines) is 1. The number of aromatic nitrogens is 2. The average molecular weight is 656 g/mol. The van der Waals surface area contributed by atoms with Crippen LogP contribution in [0.5, 0.6) is 5.75 Å². The van der Waals surface area contributed by atoms with Gasteiger partial charge in [0.2, 0.25) is 5.91 Å². The van der Waals surface area contributed by atoms with Crippen molar-refractivity contribution < 1.29 is 37.0 Å². The molecule has 4 aromatic rings. The SMILES string of the molecule is COc1ccc(F)cc1C(C)(C)CC(O)(CNc1cc(C)cc2c1cnn2-c1cccc(C(=O)N2CCCC2C(N)=O)c1)C(F)(F)F. The molecule has 13 heteroatoms. The van der Waals surface area contributed by atoms with E-state index in [1.807, 2.05) is 0 Å². The first kappa shape index (κ1) is 33.7. The van der Waals surface area contributed by atoms with Crippen LogP contribution in [0.4, 0.5) is 23.2 Å². The Morgan fingerprint density at radius 3 is 2.55 bits per heavy atom. The van der Waals surface area contributed by atoms with Gasteiger partial charge in [0.05, 0.1) is 31.1 Å². The van der Waals surface area contributed by atoms with E-state index in [1.54, 1.807) is 48.0 Å². The van der Waals surface area contributed by atoms with Gasteiger partial charge in [-0.05, 0) is 85.7 Å². The summed E-state index contributed by atoms with van der Waals surface area (Å²) in [6, 6.07) is 13.1. The number of primary amides is 1. The molecular formula is C34H37F4N5O4. The molecule has 9 nitrogen and oxygen atoms in total. The second kappa shape index (κ2) is 12.5. The molecule has 1 aliphatic heterocycles. The van der Waals surface area contributed by atoms with Gasteiger partial charge in [-0.3, -0.25) is 9.59 Å². The number of nitrogens with one attached hydrogen (secondary N) is 1. The molecule has 250 valence electrons. The summed E-state index contributed by atoms with van der Waals surface area (Å²) >= 11 is 0. The first-order valence-corrected chi connectivity index (χ1v) is 15.1. The van der Waals surface area contributed by atoms with E-state index in [2.05, 4.69) is 10.4 Å². The van der Waals surface area contributed by atoms with Crippen LogP contribution in [-0.2, 0) is 10.2 Å². The number of anilines is 1. The minimum atomic E-state index is -5.04. The quantitative estimate of drug-likeness (QED) is 0.190. The molecule has 2 atom stereocenters. The van der Waals surface area contributed by atoms with E-state index >= 15 is 0 Å². The Labute approximate surface area is 269 Å². The molecule has 0 saturated carbocycles. The number of alkyl halides is 3. The zero-order valence-electron chi connectivity index (χ0n) is 26.5. The van der Waals surface area contributed by atoms with Crippen molar-refractivity contribution in [2.75, 3.05) is 25.5 Å². The number of carbonyl (C=O) groups excluding carboxylic acids is 2. The maximum atomic E-state index is 14.5. The second-order valence-electron chi connectivity index (χ2n) is 12.7. The lowest BCUT2D eigenvalue weighted by atomic mass is 9.74. The highest BCUT2D eigenvalue weighted by Gasteiger charge is 2.56. The molecule has 5 rings (SSSR count). The van der Waals surface area contributed by atoms with Crippen LogP contribution in [-0.4, -0.2) is 69.6 Å². The number of carbonyl (C=O) groups is 2. The number of benzene rings is 3.